The summed E-state index contributed by atoms with van der Waals surface area (Å²) in [6, 6.07) is 0.455. The van der Waals surface area contributed by atoms with Crippen molar-refractivity contribution in [3.63, 3.8) is 0 Å². The number of hydrogen-bond donors (Lipinski definition) is 3. The summed E-state index contributed by atoms with van der Waals surface area (Å²) in [5.74, 6) is 1.41. The van der Waals surface area contributed by atoms with Gasteiger partial charge in [-0.1, -0.05) is 13.8 Å². The lowest BCUT2D eigenvalue weighted by molar-refractivity contribution is -0.0180. The van der Waals surface area contributed by atoms with Crippen LogP contribution in [0.3, 0.4) is 0 Å². The zero-order valence-corrected chi connectivity index (χ0v) is 19.0. The van der Waals surface area contributed by atoms with E-state index in [0.717, 1.165) is 78.1 Å². The molecule has 0 spiro atoms. The molecule has 0 bridgehead atoms. The van der Waals surface area contributed by atoms with Gasteiger partial charge in [-0.2, -0.15) is 0 Å². The Kier molecular flexibility index (Phi) is 10.7. The van der Waals surface area contributed by atoms with Gasteiger partial charge in [-0.25, -0.2) is 0 Å². The van der Waals surface area contributed by atoms with E-state index in [1.54, 1.807) is 0 Å². The summed E-state index contributed by atoms with van der Waals surface area (Å²) in [4.78, 5) is 9.46. The van der Waals surface area contributed by atoms with Crippen molar-refractivity contribution in [2.24, 2.45) is 10.9 Å². The highest BCUT2D eigenvalue weighted by molar-refractivity contribution is 5.79. The minimum Gasteiger partial charge on any atom is -0.387 e. The zero-order chi connectivity index (χ0) is 21.1. The molecule has 0 radical (unpaired) electrons. The van der Waals surface area contributed by atoms with Gasteiger partial charge >= 0.3 is 0 Å². The number of rotatable bonds is 10. The fourth-order valence-electron chi connectivity index (χ4n) is 3.94. The fraction of sp³-hybridized carbons (Fsp3) is 0.952. The van der Waals surface area contributed by atoms with Crippen molar-refractivity contribution >= 4 is 5.96 Å². The predicted octanol–water partition coefficient (Wildman–Crippen LogP) is 0.372. The third-order valence-corrected chi connectivity index (χ3v) is 5.40. The topological polar surface area (TPSA) is 81.6 Å². The van der Waals surface area contributed by atoms with E-state index in [1.807, 2.05) is 6.92 Å². The van der Waals surface area contributed by atoms with Gasteiger partial charge in [0.1, 0.15) is 0 Å². The maximum Gasteiger partial charge on any atom is 0.191 e. The van der Waals surface area contributed by atoms with E-state index >= 15 is 0 Å². The second-order valence-electron chi connectivity index (χ2n) is 8.89. The SMILES string of the molecule is CCNC(=NCC(C)(O)CN1CCOCC1)NCC(CC(C)C)N1CCOCC1. The van der Waals surface area contributed by atoms with E-state index in [0.29, 0.717) is 25.0 Å². The van der Waals surface area contributed by atoms with Gasteiger partial charge in [0, 0.05) is 51.9 Å². The van der Waals surface area contributed by atoms with Gasteiger partial charge in [0.2, 0.25) is 0 Å². The van der Waals surface area contributed by atoms with Gasteiger partial charge in [-0.3, -0.25) is 14.8 Å². The smallest absolute Gasteiger partial charge is 0.191 e. The number of nitrogens with zero attached hydrogens (tertiary/aromatic N) is 3. The monoisotopic (exact) mass is 413 g/mol. The molecule has 2 atom stereocenters. The molecule has 2 unspecified atom stereocenters. The first kappa shape index (κ1) is 24.3. The summed E-state index contributed by atoms with van der Waals surface area (Å²) >= 11 is 0. The number of β-amino-alcohol motifs (C(OH)–C–C–N with tert-alkyl or cyclic N) is 1. The minimum atomic E-state index is -0.860. The van der Waals surface area contributed by atoms with Crippen LogP contribution in [0.4, 0.5) is 0 Å². The number of guanidine groups is 1. The summed E-state index contributed by atoms with van der Waals surface area (Å²) < 4.78 is 10.9. The fourth-order valence-corrected chi connectivity index (χ4v) is 3.94. The number of aliphatic hydroxyl groups is 1. The molecule has 0 aromatic rings. The number of aliphatic imine (C=N–C) groups is 1. The van der Waals surface area contributed by atoms with Crippen LogP contribution in [0.15, 0.2) is 4.99 Å². The van der Waals surface area contributed by atoms with Crippen molar-refractivity contribution < 1.29 is 14.6 Å². The molecule has 0 aliphatic carbocycles. The molecule has 2 saturated heterocycles. The Hall–Kier alpha value is -0.930. The molecule has 2 heterocycles. The molecule has 0 saturated carbocycles. The Labute approximate surface area is 177 Å². The van der Waals surface area contributed by atoms with Crippen molar-refractivity contribution in [1.82, 2.24) is 20.4 Å². The number of hydrogen-bond acceptors (Lipinski definition) is 6. The number of nitrogens with one attached hydrogen (secondary N) is 2. The summed E-state index contributed by atoms with van der Waals surface area (Å²) in [5, 5.41) is 17.6. The Morgan fingerprint density at radius 3 is 2.28 bits per heavy atom. The number of ether oxygens (including phenoxy) is 2. The van der Waals surface area contributed by atoms with Crippen LogP contribution in [0.2, 0.25) is 0 Å². The van der Waals surface area contributed by atoms with Gasteiger partial charge in [0.25, 0.3) is 0 Å². The number of morpholine rings is 2. The van der Waals surface area contributed by atoms with Crippen LogP contribution in [0.25, 0.3) is 0 Å². The highest BCUT2D eigenvalue weighted by Crippen LogP contribution is 2.13. The highest BCUT2D eigenvalue weighted by atomic mass is 16.5. The van der Waals surface area contributed by atoms with Crippen LogP contribution in [0.5, 0.6) is 0 Å². The molecule has 29 heavy (non-hydrogen) atoms. The molecule has 2 fully saturated rings. The van der Waals surface area contributed by atoms with Gasteiger partial charge in [0.05, 0.1) is 38.6 Å². The van der Waals surface area contributed by atoms with Crippen LogP contribution < -0.4 is 10.6 Å². The lowest BCUT2D eigenvalue weighted by atomic mass is 10.0. The molecule has 170 valence electrons. The van der Waals surface area contributed by atoms with Crippen molar-refractivity contribution in [1.29, 1.82) is 0 Å². The van der Waals surface area contributed by atoms with Crippen molar-refractivity contribution in [3.8, 4) is 0 Å². The maximum atomic E-state index is 10.8. The quantitative estimate of drug-likeness (QED) is 0.353. The first-order valence-corrected chi connectivity index (χ1v) is 11.3. The highest BCUT2D eigenvalue weighted by Gasteiger charge is 2.26. The molecule has 2 aliphatic rings. The summed E-state index contributed by atoms with van der Waals surface area (Å²) in [7, 11) is 0. The molecular formula is C21H43N5O3. The average Bonchev–Trinajstić information content (AvgIpc) is 2.70. The second-order valence-corrected chi connectivity index (χ2v) is 8.89. The van der Waals surface area contributed by atoms with Crippen LogP contribution in [-0.2, 0) is 9.47 Å². The average molecular weight is 414 g/mol. The Bertz CT molecular complexity index is 475. The standard InChI is InChI=1S/C21H43N5O3/c1-5-22-20(24-16-21(4,27)17-25-6-10-28-11-7-25)23-15-19(14-18(2)3)26-8-12-29-13-9-26/h18-19,27H,5-17H2,1-4H3,(H2,22,23,24). The summed E-state index contributed by atoms with van der Waals surface area (Å²) in [6.45, 7) is 17.9. The molecule has 0 aromatic heterocycles. The normalized spacial score (nSPS) is 23.0. The molecule has 0 aromatic carbocycles. The van der Waals surface area contributed by atoms with Crippen LogP contribution in [0, 0.1) is 5.92 Å². The molecule has 3 N–H and O–H groups in total. The Balaban J connectivity index is 1.89. The van der Waals surface area contributed by atoms with E-state index < -0.39 is 5.60 Å². The Morgan fingerprint density at radius 1 is 1.07 bits per heavy atom. The van der Waals surface area contributed by atoms with Crippen LogP contribution >= 0.6 is 0 Å². The van der Waals surface area contributed by atoms with Gasteiger partial charge in [0.15, 0.2) is 5.96 Å². The van der Waals surface area contributed by atoms with E-state index in [2.05, 4.69) is 41.2 Å². The third-order valence-electron chi connectivity index (χ3n) is 5.40. The summed E-state index contributed by atoms with van der Waals surface area (Å²) in [6.07, 6.45) is 1.14. The van der Waals surface area contributed by atoms with Crippen LogP contribution in [-0.4, -0.2) is 111 Å². The van der Waals surface area contributed by atoms with Gasteiger partial charge in [-0.15, -0.1) is 0 Å². The van der Waals surface area contributed by atoms with Crippen molar-refractivity contribution in [2.75, 3.05) is 78.8 Å². The lowest BCUT2D eigenvalue weighted by Crippen LogP contribution is -2.51. The van der Waals surface area contributed by atoms with E-state index in [-0.39, 0.29) is 0 Å². The molecular weight excluding hydrogens is 370 g/mol. The second kappa shape index (κ2) is 12.7. The molecule has 2 rings (SSSR count). The molecule has 8 heteroatoms. The Morgan fingerprint density at radius 2 is 1.69 bits per heavy atom. The molecule has 8 nitrogen and oxygen atoms in total. The molecule has 2 aliphatic heterocycles. The van der Waals surface area contributed by atoms with Crippen molar-refractivity contribution in [2.45, 2.75) is 45.8 Å². The minimum absolute atomic E-state index is 0.367. The maximum absolute atomic E-state index is 10.8. The summed E-state index contributed by atoms with van der Waals surface area (Å²) in [5.41, 5.74) is -0.860. The van der Waals surface area contributed by atoms with Crippen molar-refractivity contribution in [3.05, 3.63) is 0 Å². The third kappa shape index (κ3) is 9.61. The van der Waals surface area contributed by atoms with E-state index in [9.17, 15) is 5.11 Å². The lowest BCUT2D eigenvalue weighted by Gasteiger charge is -2.36. The van der Waals surface area contributed by atoms with E-state index in [1.165, 1.54) is 0 Å². The van der Waals surface area contributed by atoms with E-state index in [4.69, 9.17) is 14.5 Å². The first-order chi connectivity index (χ1) is 13.9. The zero-order valence-electron chi connectivity index (χ0n) is 19.0. The van der Waals surface area contributed by atoms with Crippen LogP contribution in [0.1, 0.15) is 34.1 Å². The first-order valence-electron chi connectivity index (χ1n) is 11.3. The predicted molar refractivity (Wildman–Crippen MR) is 117 cm³/mol. The molecule has 0 amide bonds. The van der Waals surface area contributed by atoms with Gasteiger partial charge < -0.3 is 25.2 Å². The largest absolute Gasteiger partial charge is 0.387 e. The van der Waals surface area contributed by atoms with Gasteiger partial charge in [-0.05, 0) is 26.2 Å².